The summed E-state index contributed by atoms with van der Waals surface area (Å²) in [5.74, 6) is 0.573. The number of hydrogen-bond acceptors (Lipinski definition) is 6. The number of aromatic nitrogens is 1. The Bertz CT molecular complexity index is 1100. The number of benzene rings is 1. The number of fused-ring (bicyclic) bond motifs is 1. The molecule has 0 bridgehead atoms. The summed E-state index contributed by atoms with van der Waals surface area (Å²) in [7, 11) is 0. The molecule has 1 aromatic carbocycles. The van der Waals surface area contributed by atoms with Gasteiger partial charge in [0.1, 0.15) is 18.0 Å². The molecule has 2 aromatic rings. The summed E-state index contributed by atoms with van der Waals surface area (Å²) in [6.45, 7) is 5.92. The van der Waals surface area contributed by atoms with E-state index in [4.69, 9.17) is 10.5 Å². The van der Waals surface area contributed by atoms with Gasteiger partial charge < -0.3 is 15.6 Å². The van der Waals surface area contributed by atoms with Gasteiger partial charge in [-0.3, -0.25) is 0 Å². The molecule has 0 amide bonds. The van der Waals surface area contributed by atoms with Gasteiger partial charge in [-0.05, 0) is 61.3 Å². The minimum absolute atomic E-state index is 0.0631. The number of allylic oxidation sites excluding steroid dienone is 3. The van der Waals surface area contributed by atoms with Crippen molar-refractivity contribution in [3.63, 3.8) is 0 Å². The fourth-order valence-electron chi connectivity index (χ4n) is 3.25. The van der Waals surface area contributed by atoms with E-state index in [2.05, 4.69) is 17.1 Å². The van der Waals surface area contributed by atoms with Crippen LogP contribution in [0.2, 0.25) is 0 Å². The molecule has 3 rings (SSSR count). The van der Waals surface area contributed by atoms with Gasteiger partial charge in [-0.25, -0.2) is 4.98 Å². The van der Waals surface area contributed by atoms with Crippen LogP contribution >= 0.6 is 0 Å². The summed E-state index contributed by atoms with van der Waals surface area (Å²) in [6.07, 6.45) is 1.90. The van der Waals surface area contributed by atoms with Gasteiger partial charge in [0.25, 0.3) is 0 Å². The first-order chi connectivity index (χ1) is 12.9. The Labute approximate surface area is 157 Å². The second-order valence-electron chi connectivity index (χ2n) is 6.16. The van der Waals surface area contributed by atoms with E-state index in [-0.39, 0.29) is 11.6 Å². The number of hydrogen-bond donors (Lipinski definition) is 2. The number of nitriles is 2. The first-order valence-corrected chi connectivity index (χ1v) is 8.42. The van der Waals surface area contributed by atoms with Gasteiger partial charge in [-0.15, -0.1) is 0 Å². The minimum Gasteiger partial charge on any atom is -0.504 e. The van der Waals surface area contributed by atoms with Gasteiger partial charge in [0.05, 0.1) is 23.4 Å². The van der Waals surface area contributed by atoms with Gasteiger partial charge in [0, 0.05) is 5.56 Å². The van der Waals surface area contributed by atoms with Crippen molar-refractivity contribution in [1.29, 1.82) is 10.5 Å². The van der Waals surface area contributed by atoms with Crippen LogP contribution in [0.5, 0.6) is 11.5 Å². The average Bonchev–Trinajstić information content (AvgIpc) is 2.89. The summed E-state index contributed by atoms with van der Waals surface area (Å²) in [6, 6.07) is 9.33. The zero-order valence-corrected chi connectivity index (χ0v) is 15.3. The van der Waals surface area contributed by atoms with E-state index >= 15 is 0 Å². The van der Waals surface area contributed by atoms with Crippen LogP contribution in [0.3, 0.4) is 0 Å². The smallest absolute Gasteiger partial charge is 0.161 e. The molecule has 3 N–H and O–H groups in total. The summed E-state index contributed by atoms with van der Waals surface area (Å²) < 4.78 is 5.44. The van der Waals surface area contributed by atoms with Crippen LogP contribution in [-0.4, -0.2) is 16.7 Å². The molecule has 1 aliphatic rings. The number of aromatic hydroxyl groups is 1. The van der Waals surface area contributed by atoms with E-state index in [0.29, 0.717) is 34.8 Å². The summed E-state index contributed by atoms with van der Waals surface area (Å²) in [5, 5.41) is 28.9. The van der Waals surface area contributed by atoms with Crippen molar-refractivity contribution in [3.05, 3.63) is 51.7 Å². The molecule has 0 fully saturated rings. The highest BCUT2D eigenvalue weighted by molar-refractivity contribution is 6.08. The lowest BCUT2D eigenvalue weighted by Crippen LogP contribution is -2.03. The van der Waals surface area contributed by atoms with Crippen LogP contribution in [0.1, 0.15) is 41.8 Å². The maximum absolute atomic E-state index is 9.90. The van der Waals surface area contributed by atoms with Crippen molar-refractivity contribution in [2.24, 2.45) is 0 Å². The normalized spacial score (nSPS) is 14.0. The molecule has 1 aromatic heterocycles. The predicted octanol–water partition coefficient (Wildman–Crippen LogP) is 3.80. The lowest BCUT2D eigenvalue weighted by molar-refractivity contribution is 0.318. The van der Waals surface area contributed by atoms with Crippen molar-refractivity contribution in [2.75, 3.05) is 12.3 Å². The lowest BCUT2D eigenvalue weighted by atomic mass is 9.95. The zero-order chi connectivity index (χ0) is 19.7. The molecule has 0 aliphatic heterocycles. The van der Waals surface area contributed by atoms with Gasteiger partial charge in [0.2, 0.25) is 0 Å². The van der Waals surface area contributed by atoms with E-state index in [0.717, 1.165) is 22.3 Å². The van der Waals surface area contributed by atoms with Gasteiger partial charge in [-0.2, -0.15) is 10.5 Å². The maximum Gasteiger partial charge on any atom is 0.161 e. The van der Waals surface area contributed by atoms with Crippen LogP contribution in [0.4, 0.5) is 5.82 Å². The Hall–Kier alpha value is -3.77. The monoisotopic (exact) mass is 358 g/mol. The molecule has 134 valence electrons. The molecule has 1 aliphatic carbocycles. The highest BCUT2D eigenvalue weighted by atomic mass is 16.5. The van der Waals surface area contributed by atoms with Crippen LogP contribution in [0, 0.1) is 29.6 Å². The molecule has 0 spiro atoms. The molecule has 0 saturated heterocycles. The fraction of sp³-hybridized carbons (Fsp3) is 0.190. The molecule has 0 atom stereocenters. The van der Waals surface area contributed by atoms with Crippen LogP contribution in [0.25, 0.3) is 17.2 Å². The first-order valence-electron chi connectivity index (χ1n) is 8.42. The van der Waals surface area contributed by atoms with Gasteiger partial charge in [-0.1, -0.05) is 6.07 Å². The van der Waals surface area contributed by atoms with Crippen LogP contribution in [-0.2, 0) is 0 Å². The molecule has 0 radical (unpaired) electrons. The van der Waals surface area contributed by atoms with Crippen molar-refractivity contribution in [2.45, 2.75) is 20.8 Å². The maximum atomic E-state index is 9.90. The number of nitrogen functional groups attached to an aromatic ring is 1. The average molecular weight is 358 g/mol. The topological polar surface area (TPSA) is 116 Å². The molecule has 6 heteroatoms. The van der Waals surface area contributed by atoms with Crippen molar-refractivity contribution >= 4 is 23.0 Å². The number of rotatable bonds is 3. The number of phenolic OH excluding ortho intramolecular Hbond substituents is 1. The zero-order valence-electron chi connectivity index (χ0n) is 15.3. The van der Waals surface area contributed by atoms with Crippen molar-refractivity contribution in [1.82, 2.24) is 4.98 Å². The third-order valence-electron chi connectivity index (χ3n) is 4.58. The Morgan fingerprint density at radius 2 is 2.00 bits per heavy atom. The Kier molecular flexibility index (Phi) is 4.58. The Morgan fingerprint density at radius 3 is 2.63 bits per heavy atom. The number of ether oxygens (including phenoxy) is 1. The number of pyridine rings is 1. The molecule has 0 saturated carbocycles. The molecule has 1 heterocycles. The highest BCUT2D eigenvalue weighted by Gasteiger charge is 2.29. The van der Waals surface area contributed by atoms with Gasteiger partial charge >= 0.3 is 0 Å². The number of nitrogens with zero attached hydrogens (tertiary/aromatic N) is 3. The summed E-state index contributed by atoms with van der Waals surface area (Å²) in [5.41, 5.74) is 11.0. The van der Waals surface area contributed by atoms with E-state index in [1.54, 1.807) is 25.1 Å². The Balaban J connectivity index is 2.26. The third kappa shape index (κ3) is 2.88. The van der Waals surface area contributed by atoms with E-state index in [9.17, 15) is 15.6 Å². The standard InChI is InChI=1S/C21H18N4O2/c1-4-27-18-8-13(5-6-17(18)26)7-14-11(2)15(9-22)20-19(14)12(3)16(10-23)21(24)25-20/h5-8,26H,4H2,1-3H3,(H2,24,25)/b14-7+. The largest absolute Gasteiger partial charge is 0.504 e. The highest BCUT2D eigenvalue weighted by Crippen LogP contribution is 2.44. The van der Waals surface area contributed by atoms with E-state index in [1.165, 1.54) is 0 Å². The number of anilines is 1. The number of nitrogens with two attached hydrogens (primary N) is 1. The SMILES string of the molecule is CCOc1cc(/C=C2\C(C)=C(C#N)c3nc(N)c(C#N)c(C)c32)ccc1O. The van der Waals surface area contributed by atoms with E-state index < -0.39 is 0 Å². The Morgan fingerprint density at radius 1 is 1.26 bits per heavy atom. The van der Waals surface area contributed by atoms with Gasteiger partial charge in [0.15, 0.2) is 11.5 Å². The lowest BCUT2D eigenvalue weighted by Gasteiger charge is -2.11. The molecule has 27 heavy (non-hydrogen) atoms. The quantitative estimate of drug-likeness (QED) is 0.862. The summed E-state index contributed by atoms with van der Waals surface area (Å²) in [4.78, 5) is 4.31. The van der Waals surface area contributed by atoms with Crippen molar-refractivity contribution in [3.8, 4) is 23.6 Å². The second kappa shape index (κ2) is 6.86. The summed E-state index contributed by atoms with van der Waals surface area (Å²) >= 11 is 0. The first kappa shape index (κ1) is 18.0. The van der Waals surface area contributed by atoms with Crippen LogP contribution < -0.4 is 10.5 Å². The van der Waals surface area contributed by atoms with Crippen molar-refractivity contribution < 1.29 is 9.84 Å². The second-order valence-corrected chi connectivity index (χ2v) is 6.16. The van der Waals surface area contributed by atoms with E-state index in [1.807, 2.05) is 19.9 Å². The number of phenols is 1. The predicted molar refractivity (Wildman–Crippen MR) is 103 cm³/mol. The molecule has 0 unspecified atom stereocenters. The molecular weight excluding hydrogens is 340 g/mol. The molecular formula is C21H18N4O2. The minimum atomic E-state index is 0.0631. The molecule has 6 nitrogen and oxygen atoms in total. The third-order valence-corrected chi connectivity index (χ3v) is 4.58. The van der Waals surface area contributed by atoms with Crippen LogP contribution in [0.15, 0.2) is 23.8 Å². The fourth-order valence-corrected chi connectivity index (χ4v) is 3.25.